The van der Waals surface area contributed by atoms with Gasteiger partial charge in [0.05, 0.1) is 0 Å². The van der Waals surface area contributed by atoms with Gasteiger partial charge >= 0.3 is 0 Å². The number of rotatable bonds is 6. The third-order valence-electron chi connectivity index (χ3n) is 5.01. The van der Waals surface area contributed by atoms with Gasteiger partial charge in [-0.25, -0.2) is 4.98 Å². The smallest absolute Gasteiger partial charge is 0.191 e. The zero-order chi connectivity index (χ0) is 19.1. The molecule has 3 heterocycles. The maximum Gasteiger partial charge on any atom is 0.191 e. The Balaban J connectivity index is 0.00000280. The Morgan fingerprint density at radius 3 is 2.75 bits per heavy atom. The average molecular weight is 513 g/mol. The molecule has 1 atom stereocenters. The predicted molar refractivity (Wildman–Crippen MR) is 131 cm³/mol. The Kier molecular flexibility index (Phi) is 9.50. The molecule has 3 rings (SSSR count). The summed E-state index contributed by atoms with van der Waals surface area (Å²) in [4.78, 5) is 11.9. The van der Waals surface area contributed by atoms with Crippen molar-refractivity contribution in [3.05, 3.63) is 46.3 Å². The Labute approximate surface area is 190 Å². The summed E-state index contributed by atoms with van der Waals surface area (Å²) in [5.74, 6) is 2.48. The highest BCUT2D eigenvalue weighted by atomic mass is 127. The highest BCUT2D eigenvalue weighted by molar-refractivity contribution is 14.0. The van der Waals surface area contributed by atoms with E-state index in [1.807, 2.05) is 13.0 Å². The number of aryl methyl sites for hydroxylation is 1. The van der Waals surface area contributed by atoms with E-state index in [0.717, 1.165) is 56.5 Å². The maximum atomic E-state index is 4.83. The van der Waals surface area contributed by atoms with Gasteiger partial charge in [0.2, 0.25) is 0 Å². The molecular formula is C21H32IN5S. The van der Waals surface area contributed by atoms with Gasteiger partial charge in [-0.2, -0.15) is 11.3 Å². The first-order valence-electron chi connectivity index (χ1n) is 9.91. The molecule has 1 saturated heterocycles. The van der Waals surface area contributed by atoms with Crippen molar-refractivity contribution in [2.24, 2.45) is 4.99 Å². The van der Waals surface area contributed by atoms with Gasteiger partial charge in [0.15, 0.2) is 5.96 Å². The number of pyridine rings is 1. The number of aromatic nitrogens is 1. The fraction of sp³-hybridized carbons (Fsp3) is 0.524. The van der Waals surface area contributed by atoms with Crippen LogP contribution in [0.2, 0.25) is 0 Å². The van der Waals surface area contributed by atoms with Gasteiger partial charge in [0.1, 0.15) is 5.82 Å². The second-order valence-corrected chi connectivity index (χ2v) is 8.00. The Hall–Kier alpha value is -1.35. The van der Waals surface area contributed by atoms with Crippen molar-refractivity contribution in [2.75, 3.05) is 31.1 Å². The molecule has 1 unspecified atom stereocenters. The zero-order valence-corrected chi connectivity index (χ0v) is 20.2. The van der Waals surface area contributed by atoms with E-state index in [1.165, 1.54) is 5.56 Å². The molecule has 0 amide bonds. The number of halogens is 1. The molecular weight excluding hydrogens is 481 g/mol. The van der Waals surface area contributed by atoms with E-state index in [4.69, 9.17) is 4.99 Å². The molecule has 0 aliphatic carbocycles. The lowest BCUT2D eigenvalue weighted by Gasteiger charge is -2.34. The van der Waals surface area contributed by atoms with Crippen LogP contribution >= 0.6 is 35.3 Å². The molecule has 0 aromatic carbocycles. The van der Waals surface area contributed by atoms with Crippen LogP contribution in [0.25, 0.3) is 0 Å². The van der Waals surface area contributed by atoms with Crippen LogP contribution in [0.3, 0.4) is 0 Å². The molecule has 0 spiro atoms. The summed E-state index contributed by atoms with van der Waals surface area (Å²) >= 11 is 1.75. The fourth-order valence-corrected chi connectivity index (χ4v) is 4.14. The molecule has 0 bridgehead atoms. The number of hydrogen-bond donors (Lipinski definition) is 2. The van der Waals surface area contributed by atoms with Gasteiger partial charge in [0, 0.05) is 43.8 Å². The lowest BCUT2D eigenvalue weighted by molar-refractivity contribution is 0.459. The molecule has 1 aliphatic heterocycles. The van der Waals surface area contributed by atoms with E-state index < -0.39 is 0 Å². The molecule has 2 aromatic heterocycles. The normalized spacial score (nSPS) is 16.4. The van der Waals surface area contributed by atoms with Gasteiger partial charge in [-0.15, -0.1) is 24.0 Å². The summed E-state index contributed by atoms with van der Waals surface area (Å²) in [6.07, 6.45) is 2.19. The molecule has 7 heteroatoms. The molecule has 0 radical (unpaired) electrons. The predicted octanol–water partition coefficient (Wildman–Crippen LogP) is 4.40. The van der Waals surface area contributed by atoms with Gasteiger partial charge in [0.25, 0.3) is 0 Å². The molecule has 28 heavy (non-hydrogen) atoms. The Morgan fingerprint density at radius 2 is 2.11 bits per heavy atom. The van der Waals surface area contributed by atoms with E-state index in [0.29, 0.717) is 12.0 Å². The van der Waals surface area contributed by atoms with Crippen molar-refractivity contribution >= 4 is 47.1 Å². The quantitative estimate of drug-likeness (QED) is 0.342. The SMILES string of the molecule is CCNC(=NCC(C)c1ccsc1)NC1CCN(c2cccc(C)n2)CC1.I. The maximum absolute atomic E-state index is 4.83. The van der Waals surface area contributed by atoms with E-state index in [-0.39, 0.29) is 24.0 Å². The number of anilines is 1. The molecule has 1 fully saturated rings. The fourth-order valence-electron chi connectivity index (χ4n) is 3.36. The van der Waals surface area contributed by atoms with Crippen LogP contribution < -0.4 is 15.5 Å². The number of guanidine groups is 1. The number of thiophene rings is 1. The summed E-state index contributed by atoms with van der Waals surface area (Å²) in [6, 6.07) is 8.90. The third-order valence-corrected chi connectivity index (χ3v) is 5.71. The number of aliphatic imine (C=N–C) groups is 1. The van der Waals surface area contributed by atoms with Crippen molar-refractivity contribution in [3.63, 3.8) is 0 Å². The minimum atomic E-state index is 0. The van der Waals surface area contributed by atoms with Crippen molar-refractivity contribution in [1.82, 2.24) is 15.6 Å². The zero-order valence-electron chi connectivity index (χ0n) is 17.0. The minimum Gasteiger partial charge on any atom is -0.357 e. The van der Waals surface area contributed by atoms with Crippen LogP contribution in [0, 0.1) is 6.92 Å². The second-order valence-electron chi connectivity index (χ2n) is 7.22. The van der Waals surface area contributed by atoms with Crippen LogP contribution in [0.4, 0.5) is 5.82 Å². The topological polar surface area (TPSA) is 52.6 Å². The summed E-state index contributed by atoms with van der Waals surface area (Å²) < 4.78 is 0. The van der Waals surface area contributed by atoms with Crippen molar-refractivity contribution in [1.29, 1.82) is 0 Å². The van der Waals surface area contributed by atoms with Crippen LogP contribution in [0.5, 0.6) is 0 Å². The number of nitrogens with one attached hydrogen (secondary N) is 2. The average Bonchev–Trinajstić information content (AvgIpc) is 3.21. The number of nitrogens with zero attached hydrogens (tertiary/aromatic N) is 3. The van der Waals surface area contributed by atoms with Gasteiger partial charge < -0.3 is 15.5 Å². The molecule has 2 aromatic rings. The summed E-state index contributed by atoms with van der Waals surface area (Å²) in [5, 5.41) is 11.4. The minimum absolute atomic E-state index is 0. The lowest BCUT2D eigenvalue weighted by Crippen LogP contribution is -2.49. The van der Waals surface area contributed by atoms with E-state index in [1.54, 1.807) is 11.3 Å². The van der Waals surface area contributed by atoms with Gasteiger partial charge in [-0.3, -0.25) is 4.99 Å². The Bertz CT molecular complexity index is 726. The van der Waals surface area contributed by atoms with Gasteiger partial charge in [-0.1, -0.05) is 13.0 Å². The largest absolute Gasteiger partial charge is 0.357 e. The number of piperidine rings is 1. The number of hydrogen-bond acceptors (Lipinski definition) is 4. The first-order chi connectivity index (χ1) is 13.2. The lowest BCUT2D eigenvalue weighted by atomic mass is 10.0. The standard InChI is InChI=1S/C21H31N5S.HI/c1-4-22-21(23-14-16(2)18-10-13-27-15-18)25-19-8-11-26(12-9-19)20-7-5-6-17(3)24-20;/h5-7,10,13,15-16,19H,4,8-9,11-12,14H2,1-3H3,(H2,22,23,25);1H. The van der Waals surface area contributed by atoms with E-state index in [9.17, 15) is 0 Å². The van der Waals surface area contributed by atoms with Crippen LogP contribution in [0.1, 0.15) is 43.9 Å². The summed E-state index contributed by atoms with van der Waals surface area (Å²) in [7, 11) is 0. The molecule has 1 aliphatic rings. The molecule has 5 nitrogen and oxygen atoms in total. The van der Waals surface area contributed by atoms with Crippen molar-refractivity contribution in [3.8, 4) is 0 Å². The monoisotopic (exact) mass is 513 g/mol. The second kappa shape index (κ2) is 11.6. The highest BCUT2D eigenvalue weighted by Crippen LogP contribution is 2.19. The van der Waals surface area contributed by atoms with E-state index in [2.05, 4.69) is 63.3 Å². The summed E-state index contributed by atoms with van der Waals surface area (Å²) in [6.45, 7) is 10.1. The van der Waals surface area contributed by atoms with Crippen LogP contribution in [-0.2, 0) is 0 Å². The third kappa shape index (κ3) is 6.62. The van der Waals surface area contributed by atoms with Crippen molar-refractivity contribution in [2.45, 2.75) is 45.6 Å². The Morgan fingerprint density at radius 1 is 1.32 bits per heavy atom. The molecule has 154 valence electrons. The molecule has 0 saturated carbocycles. The molecule has 2 N–H and O–H groups in total. The first kappa shape index (κ1) is 22.9. The van der Waals surface area contributed by atoms with Gasteiger partial charge in [-0.05, 0) is 61.2 Å². The first-order valence-corrected chi connectivity index (χ1v) is 10.9. The van der Waals surface area contributed by atoms with E-state index >= 15 is 0 Å². The highest BCUT2D eigenvalue weighted by Gasteiger charge is 2.21. The van der Waals surface area contributed by atoms with Crippen molar-refractivity contribution < 1.29 is 0 Å². The van der Waals surface area contributed by atoms with Crippen LogP contribution in [-0.4, -0.2) is 43.2 Å². The van der Waals surface area contributed by atoms with Crippen LogP contribution in [0.15, 0.2) is 40.0 Å². The summed E-state index contributed by atoms with van der Waals surface area (Å²) in [5.41, 5.74) is 2.45.